The van der Waals surface area contributed by atoms with Crippen molar-refractivity contribution in [1.29, 1.82) is 0 Å². The highest BCUT2D eigenvalue weighted by Gasteiger charge is 2.23. The summed E-state index contributed by atoms with van der Waals surface area (Å²) in [6.07, 6.45) is 41.0. The molecule has 0 aromatic carbocycles. The van der Waals surface area contributed by atoms with E-state index in [2.05, 4.69) is 27.7 Å². The molecule has 0 aliphatic carbocycles. The summed E-state index contributed by atoms with van der Waals surface area (Å²) in [5.41, 5.74) is 0. The Balaban J connectivity index is 3.29. The number of nitrogens with zero attached hydrogens (tertiary/aromatic N) is 1. The summed E-state index contributed by atoms with van der Waals surface area (Å²) in [5, 5.41) is 0. The molecule has 0 fully saturated rings. The van der Waals surface area contributed by atoms with Gasteiger partial charge in [0.15, 0.2) is 0 Å². The molecule has 0 saturated carbocycles. The van der Waals surface area contributed by atoms with Gasteiger partial charge in [0.05, 0.1) is 26.2 Å². The highest BCUT2D eigenvalue weighted by atomic mass is 15.3. The summed E-state index contributed by atoms with van der Waals surface area (Å²) in [4.78, 5) is 0. The van der Waals surface area contributed by atoms with Crippen LogP contribution in [0.5, 0.6) is 0 Å². The standard InChI is InChI=1S/C36H76N/c1-5-9-10-11-12-13-14-15-16-17-18-19-20-21-22-23-24-25-26-27-28-29-30-31-32-36-37(33-6-2,34-7-3)35-8-4/h5-36H2,1-4H3/q+1. The summed E-state index contributed by atoms with van der Waals surface area (Å²) in [7, 11) is 0. The van der Waals surface area contributed by atoms with Crippen LogP contribution in [0.4, 0.5) is 0 Å². The highest BCUT2D eigenvalue weighted by Crippen LogP contribution is 2.17. The first kappa shape index (κ1) is 37.0. The normalized spacial score (nSPS) is 12.0. The summed E-state index contributed by atoms with van der Waals surface area (Å²) in [5.74, 6) is 0. The minimum atomic E-state index is 1.35. The van der Waals surface area contributed by atoms with Crippen molar-refractivity contribution in [2.45, 2.75) is 207 Å². The molecule has 1 heteroatoms. The van der Waals surface area contributed by atoms with Gasteiger partial charge in [-0.1, -0.05) is 175 Å². The van der Waals surface area contributed by atoms with E-state index in [1.807, 2.05) is 0 Å². The third-order valence-electron chi connectivity index (χ3n) is 8.83. The Morgan fingerprint density at radius 3 is 0.649 bits per heavy atom. The van der Waals surface area contributed by atoms with Crippen LogP contribution in [0.1, 0.15) is 207 Å². The van der Waals surface area contributed by atoms with E-state index in [1.54, 1.807) is 0 Å². The van der Waals surface area contributed by atoms with Gasteiger partial charge in [-0.25, -0.2) is 0 Å². The first-order valence-electron chi connectivity index (χ1n) is 18.1. The molecule has 1 nitrogen and oxygen atoms in total. The third-order valence-corrected chi connectivity index (χ3v) is 8.83. The molecule has 0 bridgehead atoms. The van der Waals surface area contributed by atoms with Crippen LogP contribution in [0, 0.1) is 0 Å². The summed E-state index contributed by atoms with van der Waals surface area (Å²) >= 11 is 0. The van der Waals surface area contributed by atoms with E-state index in [-0.39, 0.29) is 0 Å². The molecule has 0 radical (unpaired) electrons. The van der Waals surface area contributed by atoms with Crippen molar-refractivity contribution >= 4 is 0 Å². The molecule has 0 heterocycles. The van der Waals surface area contributed by atoms with E-state index in [0.717, 1.165) is 0 Å². The van der Waals surface area contributed by atoms with Gasteiger partial charge in [-0.15, -0.1) is 0 Å². The van der Waals surface area contributed by atoms with Gasteiger partial charge in [0.1, 0.15) is 0 Å². The Kier molecular flexibility index (Phi) is 30.5. The van der Waals surface area contributed by atoms with Gasteiger partial charge < -0.3 is 4.48 Å². The van der Waals surface area contributed by atoms with Gasteiger partial charge in [0.2, 0.25) is 0 Å². The molecular formula is C36H76N+. The predicted octanol–water partition coefficient (Wildman–Crippen LogP) is 12.8. The molecule has 0 amide bonds. The predicted molar refractivity (Wildman–Crippen MR) is 172 cm³/mol. The van der Waals surface area contributed by atoms with Gasteiger partial charge in [-0.05, 0) is 32.1 Å². The molecule has 0 atom stereocenters. The second-order valence-electron chi connectivity index (χ2n) is 12.7. The van der Waals surface area contributed by atoms with Gasteiger partial charge >= 0.3 is 0 Å². The first-order chi connectivity index (χ1) is 18.2. The van der Waals surface area contributed by atoms with Crippen LogP contribution >= 0.6 is 0 Å². The molecule has 0 rings (SSSR count). The van der Waals surface area contributed by atoms with Crippen LogP contribution < -0.4 is 0 Å². The number of hydrogen-bond donors (Lipinski definition) is 0. The maximum Gasteiger partial charge on any atom is 0.0786 e. The van der Waals surface area contributed by atoms with Gasteiger partial charge in [-0.2, -0.15) is 0 Å². The quantitative estimate of drug-likeness (QED) is 0.0608. The van der Waals surface area contributed by atoms with Crippen molar-refractivity contribution in [2.75, 3.05) is 26.2 Å². The van der Waals surface area contributed by atoms with E-state index in [1.165, 1.54) is 210 Å². The average molecular weight is 523 g/mol. The zero-order valence-corrected chi connectivity index (χ0v) is 27.1. The molecule has 224 valence electrons. The lowest BCUT2D eigenvalue weighted by Gasteiger charge is -2.38. The fourth-order valence-corrected chi connectivity index (χ4v) is 6.68. The molecule has 0 aromatic heterocycles. The molecule has 37 heavy (non-hydrogen) atoms. The van der Waals surface area contributed by atoms with Crippen LogP contribution in [0.2, 0.25) is 0 Å². The number of unbranched alkanes of at least 4 members (excludes halogenated alkanes) is 24. The van der Waals surface area contributed by atoms with E-state index >= 15 is 0 Å². The monoisotopic (exact) mass is 523 g/mol. The minimum absolute atomic E-state index is 1.35. The maximum absolute atomic E-state index is 2.37. The zero-order chi connectivity index (χ0) is 27.1. The molecule has 0 spiro atoms. The fourth-order valence-electron chi connectivity index (χ4n) is 6.68. The number of quaternary nitrogens is 1. The van der Waals surface area contributed by atoms with Crippen LogP contribution in [-0.4, -0.2) is 30.7 Å². The molecule has 0 saturated heterocycles. The minimum Gasteiger partial charge on any atom is -0.324 e. The Morgan fingerprint density at radius 1 is 0.216 bits per heavy atom. The number of hydrogen-bond acceptors (Lipinski definition) is 0. The van der Waals surface area contributed by atoms with Crippen LogP contribution in [0.15, 0.2) is 0 Å². The van der Waals surface area contributed by atoms with Crippen molar-refractivity contribution in [2.24, 2.45) is 0 Å². The fraction of sp³-hybridized carbons (Fsp3) is 1.00. The number of rotatable bonds is 32. The summed E-state index contributed by atoms with van der Waals surface area (Å²) < 4.78 is 1.41. The van der Waals surface area contributed by atoms with Crippen LogP contribution in [-0.2, 0) is 0 Å². The molecule has 0 aliphatic rings. The van der Waals surface area contributed by atoms with Crippen LogP contribution in [0.3, 0.4) is 0 Å². The Labute approximate surface area is 237 Å². The highest BCUT2D eigenvalue weighted by molar-refractivity contribution is 4.53. The largest absolute Gasteiger partial charge is 0.324 e. The van der Waals surface area contributed by atoms with Gasteiger partial charge in [-0.3, -0.25) is 0 Å². The second-order valence-corrected chi connectivity index (χ2v) is 12.7. The van der Waals surface area contributed by atoms with Crippen LogP contribution in [0.25, 0.3) is 0 Å². The third kappa shape index (κ3) is 26.0. The Bertz CT molecular complexity index is 386. The van der Waals surface area contributed by atoms with E-state index in [0.29, 0.717) is 0 Å². The lowest BCUT2D eigenvalue weighted by Crippen LogP contribution is -2.50. The first-order valence-corrected chi connectivity index (χ1v) is 18.1. The van der Waals surface area contributed by atoms with Crippen molar-refractivity contribution < 1.29 is 4.48 Å². The SMILES string of the molecule is CCCCCCCCCCCCCCCCCCCCCCCCCCC[N+](CCC)(CCC)CCC. The van der Waals surface area contributed by atoms with Gasteiger partial charge in [0, 0.05) is 0 Å². The smallest absolute Gasteiger partial charge is 0.0786 e. The van der Waals surface area contributed by atoms with Gasteiger partial charge in [0.25, 0.3) is 0 Å². The summed E-state index contributed by atoms with van der Waals surface area (Å²) in [6, 6.07) is 0. The molecular weight excluding hydrogens is 446 g/mol. The molecule has 0 aliphatic heterocycles. The summed E-state index contributed by atoms with van der Waals surface area (Å²) in [6.45, 7) is 15.1. The van der Waals surface area contributed by atoms with Crippen molar-refractivity contribution in [1.82, 2.24) is 0 Å². The van der Waals surface area contributed by atoms with E-state index in [4.69, 9.17) is 0 Å². The molecule has 0 unspecified atom stereocenters. The molecule has 0 aromatic rings. The van der Waals surface area contributed by atoms with Crippen molar-refractivity contribution in [3.63, 3.8) is 0 Å². The zero-order valence-electron chi connectivity index (χ0n) is 27.1. The maximum atomic E-state index is 2.37. The lowest BCUT2D eigenvalue weighted by molar-refractivity contribution is -0.928. The van der Waals surface area contributed by atoms with Crippen molar-refractivity contribution in [3.8, 4) is 0 Å². The Hall–Kier alpha value is -0.0400. The van der Waals surface area contributed by atoms with E-state index < -0.39 is 0 Å². The Morgan fingerprint density at radius 2 is 0.432 bits per heavy atom. The average Bonchev–Trinajstić information content (AvgIpc) is 2.89. The van der Waals surface area contributed by atoms with E-state index in [9.17, 15) is 0 Å². The topological polar surface area (TPSA) is 0 Å². The van der Waals surface area contributed by atoms with Crippen molar-refractivity contribution in [3.05, 3.63) is 0 Å². The molecule has 0 N–H and O–H groups in total. The second kappa shape index (κ2) is 30.5. The lowest BCUT2D eigenvalue weighted by atomic mass is 10.0.